The fourth-order valence-electron chi connectivity index (χ4n) is 3.19. The largest absolute Gasteiger partial charge is 0.368 e. The van der Waals surface area contributed by atoms with Crippen LogP contribution in [0.2, 0.25) is 0 Å². The summed E-state index contributed by atoms with van der Waals surface area (Å²) in [6.45, 7) is 4.30. The van der Waals surface area contributed by atoms with Crippen LogP contribution in [0.5, 0.6) is 0 Å². The molecule has 0 spiro atoms. The lowest BCUT2D eigenvalue weighted by Gasteiger charge is -2.35. The number of hydrogen-bond donors (Lipinski definition) is 1. The molecule has 3 heterocycles. The van der Waals surface area contributed by atoms with Gasteiger partial charge in [0.2, 0.25) is 17.8 Å². The van der Waals surface area contributed by atoms with Gasteiger partial charge < -0.3 is 15.5 Å². The number of anilines is 1. The first-order valence-electron chi connectivity index (χ1n) is 7.75. The number of nitrogens with zero attached hydrogens (tertiary/aromatic N) is 4. The Morgan fingerprint density at radius 3 is 3.05 bits per heavy atom. The number of nitrogens with two attached hydrogens (primary N) is 1. The molecule has 118 valence electrons. The molecule has 0 saturated carbocycles. The van der Waals surface area contributed by atoms with Gasteiger partial charge in [-0.3, -0.25) is 9.59 Å². The molecule has 3 rings (SSSR count). The number of aromatic nitrogens is 2. The van der Waals surface area contributed by atoms with Crippen LogP contribution in [-0.2, 0) is 22.6 Å². The first-order chi connectivity index (χ1) is 10.6. The summed E-state index contributed by atoms with van der Waals surface area (Å²) in [5.41, 5.74) is 7.53. The molecule has 1 atom stereocenters. The Labute approximate surface area is 129 Å². The topological polar surface area (TPSA) is 92.4 Å². The third-order valence-corrected chi connectivity index (χ3v) is 4.51. The SMILES string of the molecule is CCN1CC(C(=O)N2CCc3cnc(N)nc3C2)CCC1=O. The van der Waals surface area contributed by atoms with Crippen molar-refractivity contribution in [3.63, 3.8) is 0 Å². The number of fused-ring (bicyclic) bond motifs is 1. The highest BCUT2D eigenvalue weighted by atomic mass is 16.2. The Morgan fingerprint density at radius 1 is 1.45 bits per heavy atom. The van der Waals surface area contributed by atoms with E-state index >= 15 is 0 Å². The van der Waals surface area contributed by atoms with E-state index in [2.05, 4.69) is 9.97 Å². The highest BCUT2D eigenvalue weighted by molar-refractivity contribution is 5.84. The molecule has 1 saturated heterocycles. The first-order valence-corrected chi connectivity index (χ1v) is 7.75. The smallest absolute Gasteiger partial charge is 0.227 e. The molecule has 2 amide bonds. The van der Waals surface area contributed by atoms with E-state index in [1.807, 2.05) is 11.8 Å². The molecular formula is C15H21N5O2. The Bertz CT molecular complexity index is 604. The summed E-state index contributed by atoms with van der Waals surface area (Å²) in [6, 6.07) is 0. The maximum atomic E-state index is 12.7. The molecular weight excluding hydrogens is 282 g/mol. The van der Waals surface area contributed by atoms with Gasteiger partial charge in [-0.05, 0) is 25.3 Å². The van der Waals surface area contributed by atoms with Crippen LogP contribution in [0.1, 0.15) is 31.0 Å². The summed E-state index contributed by atoms with van der Waals surface area (Å²) >= 11 is 0. The van der Waals surface area contributed by atoms with Crippen LogP contribution in [0, 0.1) is 5.92 Å². The molecule has 22 heavy (non-hydrogen) atoms. The molecule has 1 unspecified atom stereocenters. The van der Waals surface area contributed by atoms with Gasteiger partial charge >= 0.3 is 0 Å². The normalized spacial score (nSPS) is 21.7. The summed E-state index contributed by atoms with van der Waals surface area (Å²) < 4.78 is 0. The zero-order chi connectivity index (χ0) is 15.7. The van der Waals surface area contributed by atoms with Crippen LogP contribution in [0.25, 0.3) is 0 Å². The number of likely N-dealkylation sites (tertiary alicyclic amines) is 1. The lowest BCUT2D eigenvalue weighted by Crippen LogP contribution is -2.48. The predicted molar refractivity (Wildman–Crippen MR) is 80.5 cm³/mol. The third kappa shape index (κ3) is 2.75. The van der Waals surface area contributed by atoms with E-state index in [-0.39, 0.29) is 23.7 Å². The fraction of sp³-hybridized carbons (Fsp3) is 0.600. The van der Waals surface area contributed by atoms with E-state index in [9.17, 15) is 9.59 Å². The second-order valence-electron chi connectivity index (χ2n) is 5.88. The predicted octanol–water partition coefficient (Wildman–Crippen LogP) is 0.202. The second kappa shape index (κ2) is 5.90. The van der Waals surface area contributed by atoms with Crippen molar-refractivity contribution >= 4 is 17.8 Å². The summed E-state index contributed by atoms with van der Waals surface area (Å²) in [7, 11) is 0. The van der Waals surface area contributed by atoms with Crippen molar-refractivity contribution in [2.45, 2.75) is 32.7 Å². The number of amides is 2. The minimum Gasteiger partial charge on any atom is -0.368 e. The van der Waals surface area contributed by atoms with Gasteiger partial charge in [0.25, 0.3) is 0 Å². The Kier molecular flexibility index (Phi) is 3.96. The van der Waals surface area contributed by atoms with Crippen molar-refractivity contribution in [3.8, 4) is 0 Å². The van der Waals surface area contributed by atoms with Gasteiger partial charge in [0, 0.05) is 32.3 Å². The average molecular weight is 303 g/mol. The molecule has 1 aromatic heterocycles. The van der Waals surface area contributed by atoms with Crippen molar-refractivity contribution in [1.29, 1.82) is 0 Å². The van der Waals surface area contributed by atoms with Gasteiger partial charge in [-0.25, -0.2) is 9.97 Å². The van der Waals surface area contributed by atoms with E-state index in [1.165, 1.54) is 0 Å². The molecule has 1 fully saturated rings. The van der Waals surface area contributed by atoms with Crippen LogP contribution in [0.3, 0.4) is 0 Å². The van der Waals surface area contributed by atoms with Crippen molar-refractivity contribution in [2.75, 3.05) is 25.4 Å². The van der Waals surface area contributed by atoms with Crippen molar-refractivity contribution in [2.24, 2.45) is 5.92 Å². The molecule has 1 aromatic rings. The van der Waals surface area contributed by atoms with Crippen LogP contribution in [-0.4, -0.2) is 51.2 Å². The molecule has 0 radical (unpaired) electrons. The number of carbonyl (C=O) groups is 2. The van der Waals surface area contributed by atoms with Crippen LogP contribution >= 0.6 is 0 Å². The molecule has 2 N–H and O–H groups in total. The van der Waals surface area contributed by atoms with Gasteiger partial charge in [-0.1, -0.05) is 0 Å². The molecule has 2 aliphatic rings. The van der Waals surface area contributed by atoms with Gasteiger partial charge in [-0.2, -0.15) is 0 Å². The van der Waals surface area contributed by atoms with Gasteiger partial charge in [0.05, 0.1) is 18.2 Å². The molecule has 0 bridgehead atoms. The number of hydrogen-bond acceptors (Lipinski definition) is 5. The lowest BCUT2D eigenvalue weighted by atomic mass is 9.95. The van der Waals surface area contributed by atoms with Crippen LogP contribution in [0.4, 0.5) is 5.95 Å². The Balaban J connectivity index is 1.70. The van der Waals surface area contributed by atoms with Crippen molar-refractivity contribution in [1.82, 2.24) is 19.8 Å². The monoisotopic (exact) mass is 303 g/mol. The fourth-order valence-corrected chi connectivity index (χ4v) is 3.19. The summed E-state index contributed by atoms with van der Waals surface area (Å²) in [5.74, 6) is 0.414. The standard InChI is InChI=1S/C15H21N5O2/c1-2-19-8-11(3-4-13(19)21)14(22)20-6-5-10-7-17-15(16)18-12(10)9-20/h7,11H,2-6,8-9H2,1H3,(H2,16,17,18). The maximum Gasteiger partial charge on any atom is 0.227 e. The van der Waals surface area contributed by atoms with E-state index in [1.54, 1.807) is 11.1 Å². The van der Waals surface area contributed by atoms with Crippen molar-refractivity contribution in [3.05, 3.63) is 17.5 Å². The molecule has 2 aliphatic heterocycles. The summed E-state index contributed by atoms with van der Waals surface area (Å²) in [6.07, 6.45) is 3.61. The van der Waals surface area contributed by atoms with E-state index in [4.69, 9.17) is 5.73 Å². The van der Waals surface area contributed by atoms with Gasteiger partial charge in [-0.15, -0.1) is 0 Å². The maximum absolute atomic E-state index is 12.7. The summed E-state index contributed by atoms with van der Waals surface area (Å²) in [4.78, 5) is 36.3. The van der Waals surface area contributed by atoms with Crippen LogP contribution in [0.15, 0.2) is 6.20 Å². The number of nitrogen functional groups attached to an aromatic ring is 1. The molecule has 0 aliphatic carbocycles. The minimum atomic E-state index is -0.0987. The number of carbonyl (C=O) groups excluding carboxylic acids is 2. The highest BCUT2D eigenvalue weighted by Crippen LogP contribution is 2.23. The minimum absolute atomic E-state index is 0.0987. The zero-order valence-electron chi connectivity index (χ0n) is 12.8. The van der Waals surface area contributed by atoms with Gasteiger partial charge in [0.15, 0.2) is 0 Å². The number of rotatable bonds is 2. The quantitative estimate of drug-likeness (QED) is 0.842. The first kappa shape index (κ1) is 14.7. The summed E-state index contributed by atoms with van der Waals surface area (Å²) in [5, 5.41) is 0. The van der Waals surface area contributed by atoms with E-state index < -0.39 is 0 Å². The number of piperidine rings is 1. The Morgan fingerprint density at radius 2 is 2.27 bits per heavy atom. The van der Waals surface area contributed by atoms with Crippen LogP contribution < -0.4 is 5.73 Å². The average Bonchev–Trinajstić information content (AvgIpc) is 2.54. The van der Waals surface area contributed by atoms with E-state index in [0.717, 1.165) is 17.7 Å². The second-order valence-corrected chi connectivity index (χ2v) is 5.88. The molecule has 0 aromatic carbocycles. The lowest BCUT2D eigenvalue weighted by molar-refractivity contribution is -0.143. The Hall–Kier alpha value is -2.18. The van der Waals surface area contributed by atoms with Crippen molar-refractivity contribution < 1.29 is 9.59 Å². The highest BCUT2D eigenvalue weighted by Gasteiger charge is 2.33. The third-order valence-electron chi connectivity index (χ3n) is 4.51. The molecule has 7 nitrogen and oxygen atoms in total. The molecule has 7 heteroatoms. The van der Waals surface area contributed by atoms with Gasteiger partial charge in [0.1, 0.15) is 0 Å². The zero-order valence-corrected chi connectivity index (χ0v) is 12.8. The van der Waals surface area contributed by atoms with E-state index in [0.29, 0.717) is 39.0 Å².